The summed E-state index contributed by atoms with van der Waals surface area (Å²) in [6.07, 6.45) is 5.48. The summed E-state index contributed by atoms with van der Waals surface area (Å²) in [6.45, 7) is 6.99. The molecule has 1 aliphatic heterocycles. The maximum Gasteiger partial charge on any atom is 0.244 e. The normalized spacial score (nSPS) is 23.1. The Morgan fingerprint density at radius 3 is 2.30 bits per heavy atom. The van der Waals surface area contributed by atoms with E-state index in [1.165, 1.54) is 24.8 Å². The third-order valence-electron chi connectivity index (χ3n) is 7.98. The number of likely N-dealkylation sites (tertiary alicyclic amines) is 1. The lowest BCUT2D eigenvalue weighted by Crippen LogP contribution is -2.61. The molecule has 0 radical (unpaired) electrons. The molecule has 2 N–H and O–H groups in total. The van der Waals surface area contributed by atoms with Gasteiger partial charge in [0.2, 0.25) is 5.91 Å². The minimum absolute atomic E-state index is 0.134. The summed E-state index contributed by atoms with van der Waals surface area (Å²) < 4.78 is 0. The molecule has 5 heteroatoms. The van der Waals surface area contributed by atoms with Gasteiger partial charge in [-0.05, 0) is 70.3 Å². The summed E-state index contributed by atoms with van der Waals surface area (Å²) in [6, 6.07) is 17.9. The molecule has 2 unspecified atom stereocenters. The summed E-state index contributed by atoms with van der Waals surface area (Å²) in [7, 11) is 4.11. The van der Waals surface area contributed by atoms with E-state index in [9.17, 15) is 4.79 Å². The van der Waals surface area contributed by atoms with Crippen molar-refractivity contribution in [1.82, 2.24) is 15.1 Å². The molecular weight excluding hydrogens is 408 g/mol. The molecule has 2 aliphatic rings. The van der Waals surface area contributed by atoms with E-state index in [0.717, 1.165) is 49.3 Å². The fraction of sp³-hybridized carbons (Fsp3) is 0.536. The standard InChI is InChI=1S/C28H40N4O/c1-21-10-8-11-22(2)26(21)30-27(33)28(31(3)4)16-18-32(19-17-28)25-15-9-14-24(25)29-20-23-12-6-5-7-13-23/h5-8,10-13,24-25,29H,9,14-20H2,1-4H3,(H,30,33). The zero-order valence-electron chi connectivity index (χ0n) is 20.7. The molecule has 2 atom stereocenters. The topological polar surface area (TPSA) is 47.6 Å². The molecule has 33 heavy (non-hydrogen) atoms. The van der Waals surface area contributed by atoms with Crippen LogP contribution in [0.25, 0.3) is 0 Å². The Bertz CT molecular complexity index is 914. The molecule has 2 aromatic rings. The lowest BCUT2D eigenvalue weighted by atomic mass is 9.84. The Kier molecular flexibility index (Phi) is 7.52. The fourth-order valence-corrected chi connectivity index (χ4v) is 5.80. The number of aryl methyl sites for hydroxylation is 2. The van der Waals surface area contributed by atoms with Crippen LogP contribution in [0.5, 0.6) is 0 Å². The van der Waals surface area contributed by atoms with Crippen LogP contribution in [0.15, 0.2) is 48.5 Å². The first-order chi connectivity index (χ1) is 15.9. The number of para-hydroxylation sites is 1. The van der Waals surface area contributed by atoms with Gasteiger partial charge in [0.05, 0.1) is 0 Å². The van der Waals surface area contributed by atoms with Crippen LogP contribution < -0.4 is 10.6 Å². The zero-order chi connectivity index (χ0) is 23.4. The molecule has 1 aliphatic carbocycles. The maximum atomic E-state index is 13.6. The second kappa shape index (κ2) is 10.4. The first-order valence-corrected chi connectivity index (χ1v) is 12.5. The molecule has 5 nitrogen and oxygen atoms in total. The third-order valence-corrected chi connectivity index (χ3v) is 7.98. The lowest BCUT2D eigenvalue weighted by Gasteiger charge is -2.47. The van der Waals surface area contributed by atoms with Gasteiger partial charge in [0.15, 0.2) is 0 Å². The highest BCUT2D eigenvalue weighted by Crippen LogP contribution is 2.34. The van der Waals surface area contributed by atoms with Crippen molar-refractivity contribution in [2.24, 2.45) is 0 Å². The van der Waals surface area contributed by atoms with Crippen molar-refractivity contribution in [2.45, 2.75) is 70.1 Å². The van der Waals surface area contributed by atoms with Crippen LogP contribution >= 0.6 is 0 Å². The number of piperidine rings is 1. The van der Waals surface area contributed by atoms with E-state index in [1.807, 2.05) is 6.07 Å². The molecule has 0 spiro atoms. The van der Waals surface area contributed by atoms with Gasteiger partial charge in [0, 0.05) is 37.4 Å². The van der Waals surface area contributed by atoms with Gasteiger partial charge < -0.3 is 10.6 Å². The molecule has 178 valence electrons. The van der Waals surface area contributed by atoms with E-state index in [0.29, 0.717) is 12.1 Å². The van der Waals surface area contributed by atoms with Gasteiger partial charge in [-0.1, -0.05) is 55.0 Å². The molecule has 2 aromatic carbocycles. The minimum Gasteiger partial charge on any atom is -0.324 e. The van der Waals surface area contributed by atoms with Crippen LogP contribution in [0.4, 0.5) is 5.69 Å². The number of hydrogen-bond donors (Lipinski definition) is 2. The predicted octanol–water partition coefficient (Wildman–Crippen LogP) is 4.35. The highest BCUT2D eigenvalue weighted by atomic mass is 16.2. The lowest BCUT2D eigenvalue weighted by molar-refractivity contribution is -0.130. The number of nitrogens with zero attached hydrogens (tertiary/aromatic N) is 2. The Morgan fingerprint density at radius 1 is 1.00 bits per heavy atom. The maximum absolute atomic E-state index is 13.6. The van der Waals surface area contributed by atoms with Crippen molar-refractivity contribution >= 4 is 11.6 Å². The molecule has 0 aromatic heterocycles. The first-order valence-electron chi connectivity index (χ1n) is 12.5. The number of benzene rings is 2. The van der Waals surface area contributed by atoms with E-state index >= 15 is 0 Å². The van der Waals surface area contributed by atoms with Crippen molar-refractivity contribution in [1.29, 1.82) is 0 Å². The zero-order valence-corrected chi connectivity index (χ0v) is 20.7. The summed E-state index contributed by atoms with van der Waals surface area (Å²) >= 11 is 0. The monoisotopic (exact) mass is 448 g/mol. The first kappa shape index (κ1) is 23.9. The van der Waals surface area contributed by atoms with Gasteiger partial charge in [0.1, 0.15) is 5.54 Å². The quantitative estimate of drug-likeness (QED) is 0.661. The van der Waals surface area contributed by atoms with E-state index < -0.39 is 5.54 Å². The van der Waals surface area contributed by atoms with E-state index in [4.69, 9.17) is 0 Å². The van der Waals surface area contributed by atoms with Gasteiger partial charge in [-0.3, -0.25) is 14.6 Å². The molecule has 1 heterocycles. The molecule has 1 amide bonds. The molecule has 1 saturated heterocycles. The van der Waals surface area contributed by atoms with Crippen LogP contribution in [0.1, 0.15) is 48.8 Å². The van der Waals surface area contributed by atoms with E-state index in [-0.39, 0.29) is 5.91 Å². The number of hydrogen-bond acceptors (Lipinski definition) is 4. The molecule has 0 bridgehead atoms. The van der Waals surface area contributed by atoms with Gasteiger partial charge >= 0.3 is 0 Å². The number of carbonyl (C=O) groups is 1. The van der Waals surface area contributed by atoms with Crippen molar-refractivity contribution in [3.63, 3.8) is 0 Å². The Balaban J connectivity index is 1.40. The minimum atomic E-state index is -0.462. The smallest absolute Gasteiger partial charge is 0.244 e. The Morgan fingerprint density at radius 2 is 1.67 bits per heavy atom. The molecule has 1 saturated carbocycles. The summed E-state index contributed by atoms with van der Waals surface area (Å²) in [5.74, 6) is 0.134. The number of nitrogens with one attached hydrogen (secondary N) is 2. The summed E-state index contributed by atoms with van der Waals surface area (Å²) in [5, 5.41) is 7.12. The molecular formula is C28H40N4O. The van der Waals surface area contributed by atoms with Crippen molar-refractivity contribution in [3.8, 4) is 0 Å². The number of rotatable bonds is 7. The van der Waals surface area contributed by atoms with Crippen molar-refractivity contribution in [2.75, 3.05) is 32.5 Å². The summed E-state index contributed by atoms with van der Waals surface area (Å²) in [5.41, 5.74) is 4.08. The second-order valence-electron chi connectivity index (χ2n) is 10.2. The van der Waals surface area contributed by atoms with E-state index in [1.54, 1.807) is 0 Å². The molecule has 4 rings (SSSR count). The number of amides is 1. The van der Waals surface area contributed by atoms with E-state index in [2.05, 4.69) is 90.8 Å². The second-order valence-corrected chi connectivity index (χ2v) is 10.2. The SMILES string of the molecule is Cc1cccc(C)c1NC(=O)C1(N(C)C)CCN(C2CCCC2NCc2ccccc2)CC1. The molecule has 2 fully saturated rings. The van der Waals surface area contributed by atoms with Gasteiger partial charge in [-0.25, -0.2) is 0 Å². The van der Waals surface area contributed by atoms with Crippen LogP contribution in [-0.4, -0.2) is 60.5 Å². The third kappa shape index (κ3) is 5.16. The van der Waals surface area contributed by atoms with Gasteiger partial charge in [-0.15, -0.1) is 0 Å². The highest BCUT2D eigenvalue weighted by Gasteiger charge is 2.45. The summed E-state index contributed by atoms with van der Waals surface area (Å²) in [4.78, 5) is 18.4. The van der Waals surface area contributed by atoms with Crippen LogP contribution in [0.2, 0.25) is 0 Å². The fourth-order valence-electron chi connectivity index (χ4n) is 5.80. The van der Waals surface area contributed by atoms with Gasteiger partial charge in [0.25, 0.3) is 0 Å². The number of likely N-dealkylation sites (N-methyl/N-ethyl adjacent to an activating group) is 1. The Labute approximate surface area is 199 Å². The predicted molar refractivity (Wildman–Crippen MR) is 136 cm³/mol. The van der Waals surface area contributed by atoms with Crippen LogP contribution in [0.3, 0.4) is 0 Å². The average Bonchev–Trinajstić information content (AvgIpc) is 3.29. The van der Waals surface area contributed by atoms with Crippen molar-refractivity contribution in [3.05, 3.63) is 65.2 Å². The Hall–Kier alpha value is -2.21. The van der Waals surface area contributed by atoms with Crippen LogP contribution in [0, 0.1) is 13.8 Å². The highest BCUT2D eigenvalue weighted by molar-refractivity contribution is 5.99. The van der Waals surface area contributed by atoms with Crippen molar-refractivity contribution < 1.29 is 4.79 Å². The van der Waals surface area contributed by atoms with Gasteiger partial charge in [-0.2, -0.15) is 0 Å². The number of anilines is 1. The largest absolute Gasteiger partial charge is 0.324 e. The number of carbonyl (C=O) groups excluding carboxylic acids is 1. The average molecular weight is 449 g/mol. The van der Waals surface area contributed by atoms with Crippen LogP contribution in [-0.2, 0) is 11.3 Å².